The lowest BCUT2D eigenvalue weighted by atomic mass is 9.84. The van der Waals surface area contributed by atoms with Crippen LogP contribution in [0.5, 0.6) is 17.2 Å². The summed E-state index contributed by atoms with van der Waals surface area (Å²) in [6, 6.07) is 53.7. The van der Waals surface area contributed by atoms with Gasteiger partial charge in [0, 0.05) is 45.9 Å². The first kappa shape index (κ1) is 92.6. The minimum atomic E-state index is -4.89. The number of rotatable bonds is 24. The van der Waals surface area contributed by atoms with Crippen LogP contribution in [0.4, 0.5) is 104 Å². The Hall–Kier alpha value is -15.7. The lowest BCUT2D eigenvalue weighted by Crippen LogP contribution is -2.34. The Labute approximate surface area is 771 Å². The minimum Gasteiger partial charge on any atom is -0.406 e. The third-order valence-electron chi connectivity index (χ3n) is 21.5. The molecule has 0 spiro atoms. The van der Waals surface area contributed by atoms with Crippen LogP contribution in [0.2, 0.25) is 0 Å². The molecular formula is C90H77F9N24O9S3. The number of thiazole rings is 3. The number of hydrogen-bond acceptors (Lipinski definition) is 24. The van der Waals surface area contributed by atoms with Gasteiger partial charge < -0.3 is 14.2 Å². The molecule has 0 unspecified atom stereocenters. The van der Waals surface area contributed by atoms with Crippen LogP contribution in [-0.2, 0) is 19.6 Å². The molecule has 33 nitrogen and oxygen atoms in total. The molecule has 0 radical (unpaired) electrons. The predicted octanol–water partition coefficient (Wildman–Crippen LogP) is 21.6. The number of carbonyl (C=O) groups is 6. The number of alkyl halides is 9. The zero-order chi connectivity index (χ0) is 94.2. The zero-order valence-electron chi connectivity index (χ0n) is 70.6. The summed E-state index contributed by atoms with van der Waals surface area (Å²) in [5.41, 5.74) is 11.6. The number of carbonyl (C=O) groups excluding carboxylic acids is 6. The summed E-state index contributed by atoms with van der Waals surface area (Å²) < 4.78 is 129. The van der Waals surface area contributed by atoms with Crippen molar-refractivity contribution in [1.29, 1.82) is 0 Å². The van der Waals surface area contributed by atoms with Gasteiger partial charge in [0.1, 0.15) is 17.0 Å². The van der Waals surface area contributed by atoms with Crippen molar-refractivity contribution in [3.8, 4) is 17.2 Å². The Balaban J connectivity index is 0.000000147. The van der Waals surface area contributed by atoms with Crippen LogP contribution < -0.4 is 60.8 Å². The number of halogens is 9. The third kappa shape index (κ3) is 25.2. The molecule has 135 heavy (non-hydrogen) atoms. The Morgan fingerprint density at radius 1 is 0.385 bits per heavy atom. The quantitative estimate of drug-likeness (QED) is 0.0254. The second-order valence-corrected chi connectivity index (χ2v) is 33.8. The number of amides is 9. The van der Waals surface area contributed by atoms with Crippen LogP contribution >= 0.6 is 34.0 Å². The topological polar surface area (TPSA) is 414 Å². The number of benzene rings is 9. The van der Waals surface area contributed by atoms with Gasteiger partial charge in [0.2, 0.25) is 0 Å². The molecule has 0 bridgehead atoms. The molecule has 6 heterocycles. The Morgan fingerprint density at radius 3 is 1.11 bits per heavy atom. The van der Waals surface area contributed by atoms with Gasteiger partial charge in [-0.05, 0) is 239 Å². The number of hydrogen-bond donors (Lipinski definition) is 9. The maximum absolute atomic E-state index is 13.7. The van der Waals surface area contributed by atoms with Crippen LogP contribution in [0.15, 0.2) is 212 Å². The van der Waals surface area contributed by atoms with E-state index in [0.717, 1.165) is 108 Å². The van der Waals surface area contributed by atoms with E-state index in [-0.39, 0.29) is 69.4 Å². The molecule has 692 valence electrons. The van der Waals surface area contributed by atoms with Crippen LogP contribution in [0.25, 0.3) is 41.8 Å². The summed E-state index contributed by atoms with van der Waals surface area (Å²) >= 11 is 3.28. The first-order valence-corrected chi connectivity index (χ1v) is 44.4. The van der Waals surface area contributed by atoms with Gasteiger partial charge in [0.25, 0.3) is 35.6 Å². The number of anilines is 9. The van der Waals surface area contributed by atoms with E-state index in [0.29, 0.717) is 59.3 Å². The molecule has 0 atom stereocenters. The van der Waals surface area contributed by atoms with Gasteiger partial charge in [0.15, 0.2) is 21.1 Å². The fraction of sp³-hybridized carbons (Fsp3) is 0.222. The minimum absolute atomic E-state index is 0.0125. The first-order chi connectivity index (χ1) is 65.1. The average molecular weight is 1910 g/mol. The van der Waals surface area contributed by atoms with E-state index in [1.54, 1.807) is 83.8 Å². The number of nitrogens with one attached hydrogen (secondary N) is 9. The summed E-state index contributed by atoms with van der Waals surface area (Å²) in [4.78, 5) is 96.1. The molecule has 3 aliphatic carbocycles. The first-order valence-electron chi connectivity index (χ1n) is 42.0. The predicted molar refractivity (Wildman–Crippen MR) is 488 cm³/mol. The highest BCUT2D eigenvalue weighted by molar-refractivity contribution is 7.23. The van der Waals surface area contributed by atoms with Crippen LogP contribution in [0.3, 0.4) is 0 Å². The Kier molecular flexibility index (Phi) is 28.7. The number of tetrazole rings is 3. The highest BCUT2D eigenvalue weighted by Crippen LogP contribution is 2.41. The van der Waals surface area contributed by atoms with Crippen molar-refractivity contribution < 1.29 is 82.5 Å². The molecule has 9 amide bonds. The van der Waals surface area contributed by atoms with Crippen molar-refractivity contribution in [2.24, 2.45) is 0 Å². The largest absolute Gasteiger partial charge is 0.573 e. The van der Waals surface area contributed by atoms with Crippen molar-refractivity contribution in [3.63, 3.8) is 0 Å². The van der Waals surface area contributed by atoms with E-state index < -0.39 is 72.2 Å². The SMILES string of the molecule is O=C(Nc1nn[nH]n1)c1ccc(CN(C(=O)Nc2nc3c(OC(F)(F)F)cccc3s2)c2ccc(C3=CCCCC3)cc2)cc1.O=C(Nc1nn[nH]n1)c1ccc(CN(C(=O)Nc2nc3cc(OC(F)(F)F)ccc3s2)c2ccc(C3=CCCCC3)cc2)cc1.O=C(Nc1nn[nH]n1)c1ccc(CN(C(=O)Nc2nc3cc(OC(F)(F)F)ccc3s2)c2ccc(C3CCCCC3)cc2)cc1. The fourth-order valence-corrected chi connectivity index (χ4v) is 17.6. The second-order valence-electron chi connectivity index (χ2n) is 30.7. The molecule has 1 fully saturated rings. The van der Waals surface area contributed by atoms with Gasteiger partial charge in [-0.3, -0.25) is 61.0 Å². The molecule has 3 aliphatic rings. The summed E-state index contributed by atoms with van der Waals surface area (Å²) in [7, 11) is 0. The number of nitrogens with zero attached hydrogens (tertiary/aromatic N) is 15. The number of fused-ring (bicyclic) bond motifs is 3. The van der Waals surface area contributed by atoms with Crippen molar-refractivity contribution in [2.45, 2.75) is 128 Å². The highest BCUT2D eigenvalue weighted by atomic mass is 32.1. The van der Waals surface area contributed by atoms with Crippen molar-refractivity contribution in [2.75, 3.05) is 46.6 Å². The second kappa shape index (κ2) is 41.8. The molecule has 6 aromatic heterocycles. The van der Waals surface area contributed by atoms with Gasteiger partial charge in [-0.2, -0.15) is 15.6 Å². The fourth-order valence-electron chi connectivity index (χ4n) is 15.1. The maximum Gasteiger partial charge on any atom is 0.573 e. The smallest absolute Gasteiger partial charge is 0.406 e. The summed E-state index contributed by atoms with van der Waals surface area (Å²) in [5, 5.41) is 55.6. The van der Waals surface area contributed by atoms with Gasteiger partial charge in [-0.15, -0.1) is 54.8 Å². The monoisotopic (exact) mass is 1900 g/mol. The molecular weight excluding hydrogens is 1830 g/mol. The van der Waals surface area contributed by atoms with Crippen molar-refractivity contribution in [1.82, 2.24) is 76.8 Å². The number of ether oxygens (including phenoxy) is 3. The third-order valence-corrected chi connectivity index (χ3v) is 24.4. The van der Waals surface area contributed by atoms with E-state index in [2.05, 4.69) is 147 Å². The molecule has 0 saturated heterocycles. The number of aromatic amines is 3. The van der Waals surface area contributed by atoms with Crippen LogP contribution in [0, 0.1) is 0 Å². The van der Waals surface area contributed by atoms with Gasteiger partial charge in [-0.25, -0.2) is 29.3 Å². The van der Waals surface area contributed by atoms with Crippen LogP contribution in [0.1, 0.15) is 154 Å². The molecule has 1 saturated carbocycles. The normalized spacial score (nSPS) is 13.5. The molecule has 45 heteroatoms. The van der Waals surface area contributed by atoms with Crippen LogP contribution in [-0.4, -0.2) is 132 Å². The Bertz CT molecular complexity index is 6730. The lowest BCUT2D eigenvalue weighted by Gasteiger charge is -2.25. The molecule has 18 rings (SSSR count). The summed E-state index contributed by atoms with van der Waals surface area (Å²) in [5.74, 6) is -1.92. The van der Waals surface area contributed by atoms with Gasteiger partial charge >= 0.3 is 37.2 Å². The van der Waals surface area contributed by atoms with Crippen molar-refractivity contribution >= 4 is 162 Å². The molecule has 9 N–H and O–H groups in total. The standard InChI is InChI=1S/C30H25F3N8O3S.C30H27F3N8O3S.C30H25F3N8O3S/c31-30(32,33)44-23-7-4-8-24-25(23)34-28(45-24)36-29(43)41(22-15-13-20(14-16-22)19-5-2-1-3-6-19)17-18-9-11-21(12-10-18)26(42)35-27-37-39-40-38-27;2*31-30(32,33)44-23-14-15-25-24(16-23)34-28(45-25)36-29(43)41(22-12-10-20(11-13-22)19-4-2-1-3-5-19)17-18-6-8-21(9-7-18)26(42)35-27-37-39-40-38-27/h4-5,7-16H,1-3,6,17H2,(H,34,36,43)(H2,35,37,38,39,40,42);6-16,19H,1-5,17H2,(H,34,36,43)(H2,35,37,38,39,40,42);4,6-16H,1-3,5,17H2,(H,34,36,43)(H2,35,37,38,39,40,42). The molecule has 0 aliphatic heterocycles. The van der Waals surface area contributed by atoms with Gasteiger partial charge in [-0.1, -0.05) is 160 Å². The van der Waals surface area contributed by atoms with Crippen molar-refractivity contribution in [3.05, 3.63) is 262 Å². The molecule has 15 aromatic rings. The maximum atomic E-state index is 13.7. The molecule has 9 aromatic carbocycles. The van der Waals surface area contributed by atoms with E-state index in [9.17, 15) is 68.3 Å². The number of urea groups is 3. The van der Waals surface area contributed by atoms with E-state index >= 15 is 0 Å². The number of aromatic nitrogens is 15. The van der Waals surface area contributed by atoms with Gasteiger partial charge in [0.05, 0.1) is 44.8 Å². The summed E-state index contributed by atoms with van der Waals surface area (Å²) in [6.07, 6.45) is 4.57. The van der Waals surface area contributed by atoms with E-state index in [1.165, 1.54) is 107 Å². The zero-order valence-corrected chi connectivity index (χ0v) is 73.1. The Morgan fingerprint density at radius 2 is 0.756 bits per heavy atom. The lowest BCUT2D eigenvalue weighted by molar-refractivity contribution is -0.275. The summed E-state index contributed by atoms with van der Waals surface area (Å²) in [6.45, 7) is 0.429. The average Bonchev–Trinajstić information content (AvgIpc) is 1.74. The number of H-pyrrole nitrogens is 3. The van der Waals surface area contributed by atoms with E-state index in [4.69, 9.17) is 0 Å². The van der Waals surface area contributed by atoms with E-state index in [1.807, 2.05) is 60.7 Å². The number of para-hydroxylation sites is 1. The highest BCUT2D eigenvalue weighted by Gasteiger charge is 2.35. The number of allylic oxidation sites excluding steroid dienone is 4.